The second-order valence-electron chi connectivity index (χ2n) is 4.28. The molecule has 0 heterocycles. The van der Waals surface area contributed by atoms with Gasteiger partial charge in [0.2, 0.25) is 0 Å². The Balaban J connectivity index is 2.34. The minimum atomic E-state index is -0.532. The number of aliphatic hydroxyl groups is 1. The summed E-state index contributed by atoms with van der Waals surface area (Å²) < 4.78 is 5.93. The van der Waals surface area contributed by atoms with E-state index in [9.17, 15) is 5.11 Å². The molecule has 0 aromatic heterocycles. The maximum Gasteiger partial charge on any atom is 0.133 e. The van der Waals surface area contributed by atoms with Gasteiger partial charge in [0.25, 0.3) is 0 Å². The van der Waals surface area contributed by atoms with E-state index < -0.39 is 6.10 Å². The van der Waals surface area contributed by atoms with E-state index in [0.717, 1.165) is 23.3 Å². The second-order valence-corrected chi connectivity index (χ2v) is 4.28. The van der Waals surface area contributed by atoms with Crippen LogP contribution in [0.2, 0.25) is 0 Å². The van der Waals surface area contributed by atoms with Crippen LogP contribution in [0.25, 0.3) is 0 Å². The van der Waals surface area contributed by atoms with Crippen LogP contribution in [-0.2, 0) is 6.42 Å². The standard InChI is InChI=1S/C16H18O2/c1-3-13-8-4-6-10-15(13)18-16-11-7-5-9-14(16)12(2)17/h4-12,17H,3H2,1-2H3/t12-/m0/s1. The summed E-state index contributed by atoms with van der Waals surface area (Å²) in [6.07, 6.45) is 0.391. The maximum atomic E-state index is 9.73. The van der Waals surface area contributed by atoms with E-state index in [2.05, 4.69) is 13.0 Å². The highest BCUT2D eigenvalue weighted by Crippen LogP contribution is 2.31. The predicted octanol–water partition coefficient (Wildman–Crippen LogP) is 4.09. The monoisotopic (exact) mass is 242 g/mol. The van der Waals surface area contributed by atoms with Crippen LogP contribution in [0, 0.1) is 0 Å². The van der Waals surface area contributed by atoms with Gasteiger partial charge in [0.05, 0.1) is 6.10 Å². The summed E-state index contributed by atoms with van der Waals surface area (Å²) in [7, 11) is 0. The van der Waals surface area contributed by atoms with Crippen molar-refractivity contribution in [2.45, 2.75) is 26.4 Å². The third-order valence-corrected chi connectivity index (χ3v) is 2.94. The lowest BCUT2D eigenvalue weighted by molar-refractivity contribution is 0.195. The molecule has 2 aromatic carbocycles. The topological polar surface area (TPSA) is 29.5 Å². The number of hydrogen-bond donors (Lipinski definition) is 1. The highest BCUT2D eigenvalue weighted by atomic mass is 16.5. The van der Waals surface area contributed by atoms with Gasteiger partial charge in [0.1, 0.15) is 11.5 Å². The van der Waals surface area contributed by atoms with E-state index in [-0.39, 0.29) is 0 Å². The van der Waals surface area contributed by atoms with E-state index in [4.69, 9.17) is 4.74 Å². The van der Waals surface area contributed by atoms with E-state index in [1.807, 2.05) is 42.5 Å². The minimum Gasteiger partial charge on any atom is -0.457 e. The van der Waals surface area contributed by atoms with E-state index in [1.165, 1.54) is 0 Å². The molecular weight excluding hydrogens is 224 g/mol. The largest absolute Gasteiger partial charge is 0.457 e. The molecule has 2 heteroatoms. The number of rotatable bonds is 4. The van der Waals surface area contributed by atoms with E-state index in [0.29, 0.717) is 5.75 Å². The summed E-state index contributed by atoms with van der Waals surface area (Å²) in [4.78, 5) is 0. The third-order valence-electron chi connectivity index (χ3n) is 2.94. The van der Waals surface area contributed by atoms with Crippen LogP contribution >= 0.6 is 0 Å². The number of aliphatic hydroxyl groups excluding tert-OH is 1. The smallest absolute Gasteiger partial charge is 0.133 e. The van der Waals surface area contributed by atoms with Gasteiger partial charge in [-0.05, 0) is 31.0 Å². The average Bonchev–Trinajstić information content (AvgIpc) is 2.40. The second kappa shape index (κ2) is 5.69. The van der Waals surface area contributed by atoms with Gasteiger partial charge < -0.3 is 9.84 Å². The zero-order valence-electron chi connectivity index (χ0n) is 10.8. The van der Waals surface area contributed by atoms with Crippen molar-refractivity contribution in [2.24, 2.45) is 0 Å². The van der Waals surface area contributed by atoms with Crippen LogP contribution in [0.15, 0.2) is 48.5 Å². The molecule has 1 atom stereocenters. The van der Waals surface area contributed by atoms with Gasteiger partial charge in [0.15, 0.2) is 0 Å². The van der Waals surface area contributed by atoms with Gasteiger partial charge >= 0.3 is 0 Å². The number of aryl methyl sites for hydroxylation is 1. The Bertz CT molecular complexity index is 518. The van der Waals surface area contributed by atoms with Crippen molar-refractivity contribution in [3.63, 3.8) is 0 Å². The Morgan fingerprint density at radius 3 is 2.28 bits per heavy atom. The first-order valence-electron chi connectivity index (χ1n) is 6.25. The molecule has 2 aromatic rings. The fourth-order valence-electron chi connectivity index (χ4n) is 1.93. The highest BCUT2D eigenvalue weighted by Gasteiger charge is 2.10. The number of ether oxygens (including phenoxy) is 1. The Morgan fingerprint density at radius 1 is 1.00 bits per heavy atom. The Kier molecular flexibility index (Phi) is 4.00. The summed E-state index contributed by atoms with van der Waals surface area (Å²) in [6.45, 7) is 3.84. The molecule has 0 spiro atoms. The zero-order chi connectivity index (χ0) is 13.0. The zero-order valence-corrected chi connectivity index (χ0v) is 10.8. The summed E-state index contributed by atoms with van der Waals surface area (Å²) in [6, 6.07) is 15.6. The van der Waals surface area contributed by atoms with Gasteiger partial charge in [-0.15, -0.1) is 0 Å². The number of benzene rings is 2. The summed E-state index contributed by atoms with van der Waals surface area (Å²) >= 11 is 0. The van der Waals surface area contributed by atoms with Gasteiger partial charge in [-0.3, -0.25) is 0 Å². The average molecular weight is 242 g/mol. The summed E-state index contributed by atoms with van der Waals surface area (Å²) in [5.74, 6) is 1.57. The van der Waals surface area contributed by atoms with Gasteiger partial charge in [-0.1, -0.05) is 43.3 Å². The van der Waals surface area contributed by atoms with Crippen molar-refractivity contribution in [1.82, 2.24) is 0 Å². The number of hydrogen-bond acceptors (Lipinski definition) is 2. The Labute approximate surface area is 108 Å². The molecule has 1 N–H and O–H groups in total. The molecule has 0 saturated heterocycles. The molecule has 2 rings (SSSR count). The van der Waals surface area contributed by atoms with Crippen LogP contribution in [0.5, 0.6) is 11.5 Å². The van der Waals surface area contributed by atoms with Crippen molar-refractivity contribution >= 4 is 0 Å². The molecule has 0 aliphatic heterocycles. The molecule has 0 saturated carbocycles. The normalized spacial score (nSPS) is 12.2. The van der Waals surface area contributed by atoms with Crippen LogP contribution in [0.1, 0.15) is 31.1 Å². The van der Waals surface area contributed by atoms with Crippen LogP contribution in [-0.4, -0.2) is 5.11 Å². The van der Waals surface area contributed by atoms with Crippen LogP contribution in [0.4, 0.5) is 0 Å². The van der Waals surface area contributed by atoms with E-state index in [1.54, 1.807) is 6.92 Å². The lowest BCUT2D eigenvalue weighted by Crippen LogP contribution is -1.97. The lowest BCUT2D eigenvalue weighted by atomic mass is 10.1. The SMILES string of the molecule is CCc1ccccc1Oc1ccccc1[C@H](C)O. The van der Waals surface area contributed by atoms with Crippen molar-refractivity contribution in [1.29, 1.82) is 0 Å². The van der Waals surface area contributed by atoms with Crippen molar-refractivity contribution < 1.29 is 9.84 Å². The van der Waals surface area contributed by atoms with Gasteiger partial charge in [-0.25, -0.2) is 0 Å². The van der Waals surface area contributed by atoms with Crippen LogP contribution in [0.3, 0.4) is 0 Å². The Hall–Kier alpha value is -1.80. The molecule has 0 radical (unpaired) electrons. The van der Waals surface area contributed by atoms with Crippen molar-refractivity contribution in [2.75, 3.05) is 0 Å². The quantitative estimate of drug-likeness (QED) is 0.874. The highest BCUT2D eigenvalue weighted by molar-refractivity contribution is 5.42. The molecule has 94 valence electrons. The molecular formula is C16H18O2. The third kappa shape index (κ3) is 2.71. The molecule has 0 fully saturated rings. The first-order valence-corrected chi connectivity index (χ1v) is 6.25. The molecule has 0 aliphatic carbocycles. The molecule has 0 amide bonds. The van der Waals surface area contributed by atoms with Crippen molar-refractivity contribution in [3.05, 3.63) is 59.7 Å². The maximum absolute atomic E-state index is 9.73. The van der Waals surface area contributed by atoms with Crippen LogP contribution < -0.4 is 4.74 Å². The molecule has 2 nitrogen and oxygen atoms in total. The fraction of sp³-hybridized carbons (Fsp3) is 0.250. The molecule has 0 bridgehead atoms. The van der Waals surface area contributed by atoms with Crippen molar-refractivity contribution in [3.8, 4) is 11.5 Å². The first kappa shape index (κ1) is 12.7. The molecule has 0 unspecified atom stereocenters. The lowest BCUT2D eigenvalue weighted by Gasteiger charge is -2.14. The summed E-state index contributed by atoms with van der Waals surface area (Å²) in [5, 5.41) is 9.73. The Morgan fingerprint density at radius 2 is 1.61 bits per heavy atom. The first-order chi connectivity index (χ1) is 8.72. The van der Waals surface area contributed by atoms with Gasteiger partial charge in [-0.2, -0.15) is 0 Å². The predicted molar refractivity (Wildman–Crippen MR) is 73.0 cm³/mol. The molecule has 18 heavy (non-hydrogen) atoms. The number of para-hydroxylation sites is 2. The molecule has 0 aliphatic rings. The summed E-state index contributed by atoms with van der Waals surface area (Å²) in [5.41, 5.74) is 1.97. The fourth-order valence-corrected chi connectivity index (χ4v) is 1.93. The minimum absolute atomic E-state index is 0.532. The van der Waals surface area contributed by atoms with E-state index >= 15 is 0 Å². The van der Waals surface area contributed by atoms with Gasteiger partial charge in [0, 0.05) is 5.56 Å².